The van der Waals surface area contributed by atoms with Gasteiger partial charge in [0.15, 0.2) is 0 Å². The van der Waals surface area contributed by atoms with Crippen LogP contribution < -0.4 is 9.62 Å². The number of carbonyl (C=O) groups excluding carboxylic acids is 2. The van der Waals surface area contributed by atoms with Crippen molar-refractivity contribution < 1.29 is 18.0 Å². The molecule has 8 heteroatoms. The summed E-state index contributed by atoms with van der Waals surface area (Å²) >= 11 is 0. The molecule has 1 atom stereocenters. The lowest BCUT2D eigenvalue weighted by Gasteiger charge is -2.32. The van der Waals surface area contributed by atoms with E-state index in [1.807, 2.05) is 65.0 Å². The summed E-state index contributed by atoms with van der Waals surface area (Å²) in [5, 5.41) is 2.86. The van der Waals surface area contributed by atoms with Crippen LogP contribution in [0.25, 0.3) is 0 Å². The number of carbonyl (C=O) groups is 2. The van der Waals surface area contributed by atoms with E-state index in [9.17, 15) is 18.0 Å². The number of nitrogens with zero attached hydrogens (tertiary/aromatic N) is 2. The number of benzene rings is 3. The summed E-state index contributed by atoms with van der Waals surface area (Å²) in [6, 6.07) is 18.8. The van der Waals surface area contributed by atoms with E-state index in [1.165, 1.54) is 4.90 Å². The molecule has 0 aromatic heterocycles. The SMILES string of the molecule is CCCNC(=O)[C@H](C)N(Cc1ccc(C)cc1)C(=O)CN(c1ccc(C)c(C)c1)S(=O)(=O)c1ccc(C)cc1. The molecule has 0 bridgehead atoms. The van der Waals surface area contributed by atoms with Crippen LogP contribution in [0.2, 0.25) is 0 Å². The fraction of sp³-hybridized carbons (Fsp3) is 0.355. The molecule has 0 heterocycles. The minimum Gasteiger partial charge on any atom is -0.354 e. The molecule has 3 rings (SSSR count). The molecular weight excluding hydrogens is 510 g/mol. The molecule has 7 nitrogen and oxygen atoms in total. The van der Waals surface area contributed by atoms with E-state index in [0.717, 1.165) is 38.5 Å². The van der Waals surface area contributed by atoms with Crippen molar-refractivity contribution in [1.29, 1.82) is 0 Å². The highest BCUT2D eigenvalue weighted by Gasteiger charge is 2.32. The zero-order valence-electron chi connectivity index (χ0n) is 23.7. The molecule has 208 valence electrons. The molecule has 0 saturated carbocycles. The van der Waals surface area contributed by atoms with Gasteiger partial charge in [0.2, 0.25) is 11.8 Å². The molecule has 0 aliphatic heterocycles. The third kappa shape index (κ3) is 7.47. The third-order valence-corrected chi connectivity index (χ3v) is 8.64. The molecule has 0 saturated heterocycles. The highest BCUT2D eigenvalue weighted by Crippen LogP contribution is 2.27. The number of hydrogen-bond acceptors (Lipinski definition) is 4. The summed E-state index contributed by atoms with van der Waals surface area (Å²) in [5.74, 6) is -0.750. The van der Waals surface area contributed by atoms with Crippen molar-refractivity contribution in [3.8, 4) is 0 Å². The summed E-state index contributed by atoms with van der Waals surface area (Å²) < 4.78 is 29.0. The van der Waals surface area contributed by atoms with E-state index in [2.05, 4.69) is 5.32 Å². The average Bonchev–Trinajstić information content (AvgIpc) is 2.91. The van der Waals surface area contributed by atoms with Crippen molar-refractivity contribution in [3.05, 3.63) is 94.5 Å². The summed E-state index contributed by atoms with van der Waals surface area (Å²) in [6.07, 6.45) is 0.764. The number of anilines is 1. The van der Waals surface area contributed by atoms with Crippen LogP contribution in [0.4, 0.5) is 5.69 Å². The second kappa shape index (κ2) is 12.9. The summed E-state index contributed by atoms with van der Waals surface area (Å²) in [7, 11) is -4.08. The Balaban J connectivity index is 2.04. The summed E-state index contributed by atoms with van der Waals surface area (Å²) in [4.78, 5) is 28.4. The second-order valence-electron chi connectivity index (χ2n) is 10.1. The van der Waals surface area contributed by atoms with E-state index in [4.69, 9.17) is 0 Å². The molecule has 3 aromatic carbocycles. The standard InChI is InChI=1S/C31H39N3O4S/c1-7-18-32-31(36)26(6)33(20-27-13-8-22(2)9-14-27)30(35)21-34(28-15-12-24(4)25(5)19-28)39(37,38)29-16-10-23(3)11-17-29/h8-17,19,26H,7,18,20-21H2,1-6H3,(H,32,36)/t26-/m0/s1. The second-order valence-corrected chi connectivity index (χ2v) is 11.9. The van der Waals surface area contributed by atoms with Crippen LogP contribution in [0.5, 0.6) is 0 Å². The number of nitrogens with one attached hydrogen (secondary N) is 1. The number of sulfonamides is 1. The van der Waals surface area contributed by atoms with E-state index in [1.54, 1.807) is 43.3 Å². The largest absolute Gasteiger partial charge is 0.354 e. The predicted octanol–water partition coefficient (Wildman–Crippen LogP) is 5.06. The van der Waals surface area contributed by atoms with Crippen molar-refractivity contribution in [3.63, 3.8) is 0 Å². The molecule has 2 amide bonds. The molecule has 0 aliphatic carbocycles. The summed E-state index contributed by atoms with van der Waals surface area (Å²) in [6.45, 7) is 11.6. The van der Waals surface area contributed by atoms with E-state index < -0.39 is 28.5 Å². The van der Waals surface area contributed by atoms with Gasteiger partial charge in [-0.1, -0.05) is 60.5 Å². The molecule has 0 unspecified atom stereocenters. The normalized spacial score (nSPS) is 12.1. The smallest absolute Gasteiger partial charge is 0.264 e. The highest BCUT2D eigenvalue weighted by atomic mass is 32.2. The molecule has 39 heavy (non-hydrogen) atoms. The Morgan fingerprint density at radius 3 is 2.00 bits per heavy atom. The van der Waals surface area contributed by atoms with Crippen LogP contribution in [0.3, 0.4) is 0 Å². The van der Waals surface area contributed by atoms with Crippen molar-refractivity contribution >= 4 is 27.5 Å². The first-order valence-electron chi connectivity index (χ1n) is 13.2. The van der Waals surface area contributed by atoms with Crippen LogP contribution in [0.1, 0.15) is 48.1 Å². The number of amides is 2. The molecule has 1 N–H and O–H groups in total. The first kappa shape index (κ1) is 29.9. The lowest BCUT2D eigenvalue weighted by Crippen LogP contribution is -2.51. The van der Waals surface area contributed by atoms with Crippen LogP contribution in [0.15, 0.2) is 71.6 Å². The van der Waals surface area contributed by atoms with Crippen molar-refractivity contribution in [2.45, 2.75) is 65.4 Å². The highest BCUT2D eigenvalue weighted by molar-refractivity contribution is 7.92. The number of rotatable bonds is 11. The minimum absolute atomic E-state index is 0.0953. The fourth-order valence-electron chi connectivity index (χ4n) is 4.12. The summed E-state index contributed by atoms with van der Waals surface area (Å²) in [5.41, 5.74) is 5.18. The van der Waals surface area contributed by atoms with E-state index >= 15 is 0 Å². The molecule has 3 aromatic rings. The average molecular weight is 550 g/mol. The van der Waals surface area contributed by atoms with Gasteiger partial charge in [0.05, 0.1) is 10.6 Å². The fourth-order valence-corrected chi connectivity index (χ4v) is 5.52. The molecular formula is C31H39N3O4S. The molecule has 0 aliphatic rings. The maximum absolute atomic E-state index is 13.9. The first-order chi connectivity index (χ1) is 18.4. The van der Waals surface area contributed by atoms with E-state index in [-0.39, 0.29) is 17.3 Å². The zero-order valence-corrected chi connectivity index (χ0v) is 24.5. The van der Waals surface area contributed by atoms with Gasteiger partial charge in [-0.05, 0) is 82.0 Å². The third-order valence-electron chi connectivity index (χ3n) is 6.86. The van der Waals surface area contributed by atoms with Gasteiger partial charge in [-0.3, -0.25) is 13.9 Å². The van der Waals surface area contributed by atoms with Crippen molar-refractivity contribution in [1.82, 2.24) is 10.2 Å². The lowest BCUT2D eigenvalue weighted by atomic mass is 10.1. The molecule has 0 radical (unpaired) electrons. The number of aryl methyl sites for hydroxylation is 4. The molecule has 0 fully saturated rings. The van der Waals surface area contributed by atoms with Crippen LogP contribution in [-0.2, 0) is 26.2 Å². The predicted molar refractivity (Wildman–Crippen MR) is 156 cm³/mol. The quantitative estimate of drug-likeness (QED) is 0.362. The maximum atomic E-state index is 13.9. The Labute approximate surface area is 232 Å². The van der Waals surface area contributed by atoms with E-state index in [0.29, 0.717) is 12.2 Å². The Morgan fingerprint density at radius 2 is 1.44 bits per heavy atom. The lowest BCUT2D eigenvalue weighted by molar-refractivity contribution is -0.139. The number of hydrogen-bond donors (Lipinski definition) is 1. The van der Waals surface area contributed by atoms with Gasteiger partial charge < -0.3 is 10.2 Å². The van der Waals surface area contributed by atoms with Crippen LogP contribution in [-0.4, -0.2) is 44.3 Å². The van der Waals surface area contributed by atoms with Crippen LogP contribution in [0, 0.1) is 27.7 Å². The van der Waals surface area contributed by atoms with Gasteiger partial charge in [-0.15, -0.1) is 0 Å². The topological polar surface area (TPSA) is 86.8 Å². The van der Waals surface area contributed by atoms with Gasteiger partial charge in [0, 0.05) is 13.1 Å². The minimum atomic E-state index is -4.08. The Hall–Kier alpha value is -3.65. The monoisotopic (exact) mass is 549 g/mol. The molecule has 0 spiro atoms. The first-order valence-corrected chi connectivity index (χ1v) is 14.7. The zero-order chi connectivity index (χ0) is 28.7. The maximum Gasteiger partial charge on any atom is 0.264 e. The van der Waals surface area contributed by atoms with Crippen molar-refractivity contribution in [2.75, 3.05) is 17.4 Å². The Kier molecular flexibility index (Phi) is 9.92. The van der Waals surface area contributed by atoms with Gasteiger partial charge in [-0.2, -0.15) is 0 Å². The Bertz CT molecular complexity index is 1400. The van der Waals surface area contributed by atoms with Gasteiger partial charge >= 0.3 is 0 Å². The van der Waals surface area contributed by atoms with Gasteiger partial charge in [0.1, 0.15) is 12.6 Å². The van der Waals surface area contributed by atoms with Crippen molar-refractivity contribution in [2.24, 2.45) is 0 Å². The van der Waals surface area contributed by atoms with Gasteiger partial charge in [-0.25, -0.2) is 8.42 Å². The Morgan fingerprint density at radius 1 is 0.846 bits per heavy atom. The van der Waals surface area contributed by atoms with Gasteiger partial charge in [0.25, 0.3) is 10.0 Å². The van der Waals surface area contributed by atoms with Crippen LogP contribution >= 0.6 is 0 Å².